The maximum Gasteiger partial charge on any atom is 0.288 e. The van der Waals surface area contributed by atoms with Crippen LogP contribution >= 0.6 is 23.1 Å². The van der Waals surface area contributed by atoms with Crippen molar-refractivity contribution < 1.29 is 23.1 Å². The molecule has 4 rings (SSSR count). The minimum atomic E-state index is -2.50. The molecule has 0 saturated heterocycles. The minimum absolute atomic E-state index is 0.253. The fourth-order valence-electron chi connectivity index (χ4n) is 2.90. The number of anilines is 2. The predicted molar refractivity (Wildman–Crippen MR) is 126 cm³/mol. The number of benzene rings is 3. The highest BCUT2D eigenvalue weighted by atomic mass is 32.2. The largest absolute Gasteiger partial charge is 0.484 e. The number of carbonyl (C=O) groups excluding carboxylic acids is 2. The number of ether oxygens (including phenoxy) is 1. The monoisotopic (exact) mass is 485 g/mol. The molecule has 3 aromatic carbocycles. The Hall–Kier alpha value is -3.50. The highest BCUT2D eigenvalue weighted by Gasteiger charge is 2.12. The summed E-state index contributed by atoms with van der Waals surface area (Å²) >= 11 is 1.65. The molecule has 6 nitrogen and oxygen atoms in total. The molecular formula is C23H17F2N3O3S2. The van der Waals surface area contributed by atoms with Crippen molar-refractivity contribution in [3.8, 4) is 5.75 Å². The van der Waals surface area contributed by atoms with Crippen LogP contribution in [-0.2, 0) is 4.79 Å². The lowest BCUT2D eigenvalue weighted by atomic mass is 10.2. The molecule has 2 amide bonds. The van der Waals surface area contributed by atoms with E-state index in [1.54, 1.807) is 66.7 Å². The number of halogens is 2. The number of fused-ring (bicyclic) bond motifs is 1. The molecule has 0 saturated carbocycles. The summed E-state index contributed by atoms with van der Waals surface area (Å²) in [7, 11) is 0. The van der Waals surface area contributed by atoms with Crippen molar-refractivity contribution in [3.05, 3.63) is 78.4 Å². The lowest BCUT2D eigenvalue weighted by Gasteiger charge is -2.09. The molecule has 0 fully saturated rings. The van der Waals surface area contributed by atoms with Gasteiger partial charge in [0.05, 0.1) is 10.2 Å². The van der Waals surface area contributed by atoms with Gasteiger partial charge in [-0.1, -0.05) is 47.4 Å². The number of hydrogen-bond donors (Lipinski definition) is 2. The van der Waals surface area contributed by atoms with Crippen molar-refractivity contribution in [2.24, 2.45) is 0 Å². The van der Waals surface area contributed by atoms with Crippen LogP contribution in [0.15, 0.2) is 77.7 Å². The predicted octanol–water partition coefficient (Wildman–Crippen LogP) is 5.88. The first-order valence-corrected chi connectivity index (χ1v) is 11.4. The summed E-state index contributed by atoms with van der Waals surface area (Å²) in [5.41, 5.74) is 1.67. The van der Waals surface area contributed by atoms with Gasteiger partial charge in [0.1, 0.15) is 5.75 Å². The second kappa shape index (κ2) is 10.4. The van der Waals surface area contributed by atoms with E-state index in [0.29, 0.717) is 49.0 Å². The number of thioether (sulfide) groups is 1. The Kier molecular flexibility index (Phi) is 7.16. The smallest absolute Gasteiger partial charge is 0.288 e. The Morgan fingerprint density at radius 2 is 1.82 bits per heavy atom. The van der Waals surface area contributed by atoms with Gasteiger partial charge >= 0.3 is 0 Å². The highest BCUT2D eigenvalue weighted by Crippen LogP contribution is 2.32. The average molecular weight is 486 g/mol. The van der Waals surface area contributed by atoms with E-state index in [9.17, 15) is 18.4 Å². The number of thiazole rings is 1. The van der Waals surface area contributed by atoms with Crippen molar-refractivity contribution in [3.63, 3.8) is 0 Å². The van der Waals surface area contributed by atoms with Crippen LogP contribution in [0, 0.1) is 0 Å². The molecule has 0 radical (unpaired) electrons. The fraction of sp³-hybridized carbons (Fsp3) is 0.0870. The van der Waals surface area contributed by atoms with E-state index >= 15 is 0 Å². The third kappa shape index (κ3) is 6.27. The van der Waals surface area contributed by atoms with Gasteiger partial charge in [0.25, 0.3) is 17.6 Å². The third-order valence-electron chi connectivity index (χ3n) is 4.33. The zero-order chi connectivity index (χ0) is 23.2. The molecule has 33 heavy (non-hydrogen) atoms. The molecule has 1 aromatic heterocycles. The second-order valence-corrected chi connectivity index (χ2v) is 8.81. The van der Waals surface area contributed by atoms with Crippen LogP contribution in [0.1, 0.15) is 10.4 Å². The van der Waals surface area contributed by atoms with Gasteiger partial charge in [0.15, 0.2) is 11.7 Å². The highest BCUT2D eigenvalue weighted by molar-refractivity contribution is 7.99. The van der Waals surface area contributed by atoms with E-state index in [0.717, 1.165) is 0 Å². The maximum atomic E-state index is 12.5. The first-order valence-electron chi connectivity index (χ1n) is 9.71. The van der Waals surface area contributed by atoms with Crippen molar-refractivity contribution in [2.75, 3.05) is 17.2 Å². The number of hydrogen-bond acceptors (Lipinski definition) is 6. The van der Waals surface area contributed by atoms with Crippen LogP contribution in [-0.4, -0.2) is 29.2 Å². The van der Waals surface area contributed by atoms with Gasteiger partial charge in [0.2, 0.25) is 0 Å². The molecule has 0 unspecified atom stereocenters. The number of carbonyl (C=O) groups is 2. The van der Waals surface area contributed by atoms with E-state index in [1.807, 2.05) is 6.07 Å². The summed E-state index contributed by atoms with van der Waals surface area (Å²) in [6.07, 6.45) is 0. The Balaban J connectivity index is 1.33. The van der Waals surface area contributed by atoms with Gasteiger partial charge in [-0.15, -0.1) is 0 Å². The van der Waals surface area contributed by atoms with Gasteiger partial charge in [-0.3, -0.25) is 14.9 Å². The Labute approximate surface area is 196 Å². The quantitative estimate of drug-likeness (QED) is 0.305. The lowest BCUT2D eigenvalue weighted by Crippen LogP contribution is -2.20. The number of nitrogens with one attached hydrogen (secondary N) is 2. The molecular weight excluding hydrogens is 468 g/mol. The molecule has 0 bridgehead atoms. The van der Waals surface area contributed by atoms with Crippen LogP contribution in [0.2, 0.25) is 0 Å². The van der Waals surface area contributed by atoms with Crippen LogP contribution in [0.3, 0.4) is 0 Å². The van der Waals surface area contributed by atoms with Crippen LogP contribution < -0.4 is 15.4 Å². The average Bonchev–Trinajstić information content (AvgIpc) is 3.19. The summed E-state index contributed by atoms with van der Waals surface area (Å²) in [5, 5.41) is 5.78. The minimum Gasteiger partial charge on any atom is -0.484 e. The number of aromatic nitrogens is 1. The number of alkyl halides is 2. The number of amides is 2. The van der Waals surface area contributed by atoms with Crippen molar-refractivity contribution >= 4 is 55.9 Å². The van der Waals surface area contributed by atoms with E-state index < -0.39 is 11.7 Å². The van der Waals surface area contributed by atoms with Gasteiger partial charge < -0.3 is 10.1 Å². The van der Waals surface area contributed by atoms with Crippen molar-refractivity contribution in [1.82, 2.24) is 4.98 Å². The van der Waals surface area contributed by atoms with Crippen LogP contribution in [0.4, 0.5) is 19.6 Å². The molecule has 4 aromatic rings. The zero-order valence-corrected chi connectivity index (χ0v) is 18.6. The summed E-state index contributed by atoms with van der Waals surface area (Å²) in [6, 6.07) is 20.3. The molecule has 10 heteroatoms. The normalized spacial score (nSPS) is 10.9. The topological polar surface area (TPSA) is 80.3 Å². The molecule has 0 aliphatic heterocycles. The Bertz CT molecular complexity index is 1280. The maximum absolute atomic E-state index is 12.5. The summed E-state index contributed by atoms with van der Waals surface area (Å²) in [4.78, 5) is 29.3. The Morgan fingerprint density at radius 3 is 2.61 bits per heavy atom. The van der Waals surface area contributed by atoms with E-state index in [1.165, 1.54) is 11.3 Å². The van der Waals surface area contributed by atoms with Gasteiger partial charge in [-0.25, -0.2) is 4.98 Å². The van der Waals surface area contributed by atoms with Crippen molar-refractivity contribution in [2.45, 2.75) is 10.7 Å². The van der Waals surface area contributed by atoms with Crippen molar-refractivity contribution in [1.29, 1.82) is 0 Å². The summed E-state index contributed by atoms with van der Waals surface area (Å²) in [5.74, 6) is -2.77. The molecule has 168 valence electrons. The first kappa shape index (κ1) is 22.7. The molecule has 1 heterocycles. The molecule has 0 spiro atoms. The lowest BCUT2D eigenvalue weighted by molar-refractivity contribution is -0.118. The number of nitrogens with zero attached hydrogens (tertiary/aromatic N) is 1. The summed E-state index contributed by atoms with van der Waals surface area (Å²) < 4.78 is 31.3. The molecule has 0 aliphatic rings. The summed E-state index contributed by atoms with van der Waals surface area (Å²) in [6.45, 7) is -0.265. The standard InChI is InChI=1S/C23H17F2N3O3S2/c24-22(25)32-17-9-10-18-19(12-17)33-23(27-18)28-20(29)13-31-16-8-4-7-15(11-16)26-21(30)14-5-2-1-3-6-14/h1-12,22H,13H2,(H,26,30)(H,27,28,29). The molecule has 0 atom stereocenters. The van der Waals surface area contributed by atoms with Gasteiger partial charge in [0, 0.05) is 22.2 Å². The number of rotatable bonds is 8. The Morgan fingerprint density at radius 1 is 1.00 bits per heavy atom. The van der Waals surface area contributed by atoms with Crippen LogP contribution in [0.5, 0.6) is 5.75 Å². The zero-order valence-electron chi connectivity index (χ0n) is 17.0. The SMILES string of the molecule is O=C(COc1cccc(NC(=O)c2ccccc2)c1)Nc1nc2ccc(SC(F)F)cc2s1. The van der Waals surface area contributed by atoms with Crippen LogP contribution in [0.25, 0.3) is 10.2 Å². The van der Waals surface area contributed by atoms with E-state index in [4.69, 9.17) is 4.74 Å². The van der Waals surface area contributed by atoms with Gasteiger partial charge in [-0.05, 0) is 42.5 Å². The first-order chi connectivity index (χ1) is 16.0. The molecule has 0 aliphatic carbocycles. The second-order valence-electron chi connectivity index (χ2n) is 6.71. The molecule has 2 N–H and O–H groups in total. The van der Waals surface area contributed by atoms with E-state index in [2.05, 4.69) is 15.6 Å². The third-order valence-corrected chi connectivity index (χ3v) is 5.97. The fourth-order valence-corrected chi connectivity index (χ4v) is 4.43. The van der Waals surface area contributed by atoms with Gasteiger partial charge in [-0.2, -0.15) is 8.78 Å². The van der Waals surface area contributed by atoms with E-state index in [-0.39, 0.29) is 12.5 Å².